The number of hydrogen-bond acceptors (Lipinski definition) is 4. The lowest BCUT2D eigenvalue weighted by molar-refractivity contribution is -0.140. The van der Waals surface area contributed by atoms with Crippen molar-refractivity contribution in [3.05, 3.63) is 0 Å². The summed E-state index contributed by atoms with van der Waals surface area (Å²) in [5.74, 6) is -3.47. The summed E-state index contributed by atoms with van der Waals surface area (Å²) in [4.78, 5) is 45.7. The van der Waals surface area contributed by atoms with Gasteiger partial charge in [-0.15, -0.1) is 0 Å². The molecule has 9 nitrogen and oxygen atoms in total. The van der Waals surface area contributed by atoms with Crippen molar-refractivity contribution >= 4 is 23.9 Å². The van der Waals surface area contributed by atoms with Gasteiger partial charge < -0.3 is 25.7 Å². The number of amides is 3. The highest BCUT2D eigenvalue weighted by atomic mass is 16.4. The van der Waals surface area contributed by atoms with Crippen molar-refractivity contribution < 1.29 is 29.4 Å². The molecule has 0 aliphatic carbocycles. The summed E-state index contributed by atoms with van der Waals surface area (Å²) < 4.78 is 0. The van der Waals surface area contributed by atoms with Crippen LogP contribution in [0.4, 0.5) is 4.79 Å². The second kappa shape index (κ2) is 7.19. The first-order valence-corrected chi connectivity index (χ1v) is 5.42. The van der Waals surface area contributed by atoms with Crippen LogP contribution in [0.3, 0.4) is 0 Å². The van der Waals surface area contributed by atoms with Gasteiger partial charge in [-0.25, -0.2) is 4.79 Å². The lowest BCUT2D eigenvalue weighted by atomic mass is 10.3. The third-order valence-corrected chi connectivity index (χ3v) is 2.12. The van der Waals surface area contributed by atoms with Gasteiger partial charge in [0.25, 0.3) is 0 Å². The zero-order valence-corrected chi connectivity index (χ0v) is 10.7. The van der Waals surface area contributed by atoms with Crippen LogP contribution in [0.2, 0.25) is 0 Å². The van der Waals surface area contributed by atoms with Gasteiger partial charge in [-0.3, -0.25) is 14.4 Å². The van der Waals surface area contributed by atoms with Crippen molar-refractivity contribution in [2.75, 3.05) is 19.6 Å². The van der Waals surface area contributed by atoms with Crippen LogP contribution in [-0.4, -0.2) is 69.6 Å². The Morgan fingerprint density at radius 1 is 1.00 bits per heavy atom. The SMILES string of the molecule is CC(C)N(CC(N)=O)C(=O)N(CC(=O)O)CC(=O)O. The zero-order valence-electron chi connectivity index (χ0n) is 10.7. The van der Waals surface area contributed by atoms with Crippen LogP contribution < -0.4 is 5.73 Å². The number of nitrogens with zero attached hydrogens (tertiary/aromatic N) is 2. The molecule has 9 heteroatoms. The topological polar surface area (TPSA) is 141 Å². The minimum Gasteiger partial charge on any atom is -0.480 e. The smallest absolute Gasteiger partial charge is 0.323 e. The molecule has 0 radical (unpaired) electrons. The summed E-state index contributed by atoms with van der Waals surface area (Å²) in [6.45, 7) is 1.24. The Bertz CT molecular complexity index is 365. The fraction of sp³-hybridized carbons (Fsp3) is 0.600. The number of primary amides is 1. The summed E-state index contributed by atoms with van der Waals surface area (Å²) in [7, 11) is 0. The predicted octanol–water partition coefficient (Wildman–Crippen LogP) is -1.23. The molecule has 0 heterocycles. The third-order valence-electron chi connectivity index (χ3n) is 2.12. The van der Waals surface area contributed by atoms with E-state index in [1.807, 2.05) is 0 Å². The largest absolute Gasteiger partial charge is 0.480 e. The molecule has 0 unspecified atom stereocenters. The maximum Gasteiger partial charge on any atom is 0.323 e. The van der Waals surface area contributed by atoms with Gasteiger partial charge in [-0.2, -0.15) is 0 Å². The van der Waals surface area contributed by atoms with Gasteiger partial charge in [0.1, 0.15) is 19.6 Å². The van der Waals surface area contributed by atoms with Gasteiger partial charge in [0, 0.05) is 6.04 Å². The Morgan fingerprint density at radius 3 is 1.68 bits per heavy atom. The zero-order chi connectivity index (χ0) is 15.2. The Balaban J connectivity index is 5.04. The summed E-state index contributed by atoms with van der Waals surface area (Å²) >= 11 is 0. The number of carbonyl (C=O) groups excluding carboxylic acids is 2. The van der Waals surface area contributed by atoms with E-state index < -0.39 is 49.6 Å². The molecule has 4 N–H and O–H groups in total. The summed E-state index contributed by atoms with van der Waals surface area (Å²) in [6, 6.07) is -1.29. The molecular weight excluding hydrogens is 258 g/mol. The van der Waals surface area contributed by atoms with Gasteiger partial charge in [-0.05, 0) is 13.8 Å². The number of carboxylic acids is 2. The molecule has 0 aliphatic heterocycles. The molecule has 0 atom stereocenters. The first-order chi connectivity index (χ1) is 8.65. The summed E-state index contributed by atoms with van der Waals surface area (Å²) in [6.07, 6.45) is 0. The van der Waals surface area contributed by atoms with Crippen molar-refractivity contribution in [3.63, 3.8) is 0 Å². The lowest BCUT2D eigenvalue weighted by Gasteiger charge is -2.30. The summed E-state index contributed by atoms with van der Waals surface area (Å²) in [5.41, 5.74) is 4.99. The average molecular weight is 275 g/mol. The van der Waals surface area contributed by atoms with Crippen molar-refractivity contribution in [2.45, 2.75) is 19.9 Å². The van der Waals surface area contributed by atoms with Crippen molar-refractivity contribution in [3.8, 4) is 0 Å². The van der Waals surface area contributed by atoms with Crippen molar-refractivity contribution in [2.24, 2.45) is 5.73 Å². The van der Waals surface area contributed by atoms with Gasteiger partial charge >= 0.3 is 18.0 Å². The molecular formula is C10H17N3O6. The molecule has 0 aromatic heterocycles. The molecule has 108 valence electrons. The molecule has 3 amide bonds. The van der Waals surface area contributed by atoms with E-state index in [0.29, 0.717) is 4.90 Å². The van der Waals surface area contributed by atoms with E-state index in [2.05, 4.69) is 0 Å². The summed E-state index contributed by atoms with van der Waals surface area (Å²) in [5, 5.41) is 17.3. The molecule has 0 aromatic carbocycles. The molecule has 0 rings (SSSR count). The van der Waals surface area contributed by atoms with Crippen LogP contribution in [0, 0.1) is 0 Å². The Kier molecular flexibility index (Phi) is 6.31. The van der Waals surface area contributed by atoms with Crippen molar-refractivity contribution in [1.82, 2.24) is 9.80 Å². The number of carbonyl (C=O) groups is 4. The second-order valence-corrected chi connectivity index (χ2v) is 4.11. The fourth-order valence-corrected chi connectivity index (χ4v) is 1.34. The molecule has 0 aliphatic rings. The van der Waals surface area contributed by atoms with E-state index in [0.717, 1.165) is 4.90 Å². The van der Waals surface area contributed by atoms with Gasteiger partial charge in [0.15, 0.2) is 0 Å². The molecule has 0 spiro atoms. The maximum atomic E-state index is 12.0. The normalized spacial score (nSPS) is 10.1. The maximum absolute atomic E-state index is 12.0. The number of carboxylic acid groups (broad SMARTS) is 2. The van der Waals surface area contributed by atoms with Crippen LogP contribution in [0.1, 0.15) is 13.8 Å². The van der Waals surface area contributed by atoms with E-state index in [-0.39, 0.29) is 0 Å². The minimum atomic E-state index is -1.35. The number of hydrogen-bond donors (Lipinski definition) is 3. The fourth-order valence-electron chi connectivity index (χ4n) is 1.34. The Labute approximate surface area is 109 Å². The lowest BCUT2D eigenvalue weighted by Crippen LogP contribution is -2.52. The molecule has 0 saturated heterocycles. The van der Waals surface area contributed by atoms with Crippen LogP contribution in [0.15, 0.2) is 0 Å². The number of rotatable bonds is 7. The van der Waals surface area contributed by atoms with E-state index in [1.54, 1.807) is 13.8 Å². The second-order valence-electron chi connectivity index (χ2n) is 4.11. The van der Waals surface area contributed by atoms with Crippen LogP contribution >= 0.6 is 0 Å². The van der Waals surface area contributed by atoms with Gasteiger partial charge in [0.2, 0.25) is 5.91 Å². The molecule has 0 fully saturated rings. The highest BCUT2D eigenvalue weighted by Gasteiger charge is 2.27. The van der Waals surface area contributed by atoms with E-state index >= 15 is 0 Å². The standard InChI is InChI=1S/C10H17N3O6/c1-6(2)13(3-7(11)14)10(19)12(4-8(15)16)5-9(17)18/h6H,3-5H2,1-2H3,(H2,11,14)(H,15,16)(H,17,18). The third kappa shape index (κ3) is 6.24. The Hall–Kier alpha value is -2.32. The van der Waals surface area contributed by atoms with Gasteiger partial charge in [-0.1, -0.05) is 0 Å². The van der Waals surface area contributed by atoms with Gasteiger partial charge in [0.05, 0.1) is 0 Å². The van der Waals surface area contributed by atoms with Crippen LogP contribution in [0.5, 0.6) is 0 Å². The van der Waals surface area contributed by atoms with E-state index in [9.17, 15) is 19.2 Å². The molecule has 0 aromatic rings. The minimum absolute atomic E-state index is 0.410. The first kappa shape index (κ1) is 16.7. The average Bonchev–Trinajstić information content (AvgIpc) is 2.22. The molecule has 0 saturated carbocycles. The van der Waals surface area contributed by atoms with Crippen LogP contribution in [0.25, 0.3) is 0 Å². The van der Waals surface area contributed by atoms with Crippen molar-refractivity contribution in [1.29, 1.82) is 0 Å². The number of aliphatic carboxylic acids is 2. The number of urea groups is 1. The van der Waals surface area contributed by atoms with E-state index in [4.69, 9.17) is 15.9 Å². The monoisotopic (exact) mass is 275 g/mol. The quantitative estimate of drug-likeness (QED) is 0.531. The predicted molar refractivity (Wildman–Crippen MR) is 63.3 cm³/mol. The van der Waals surface area contributed by atoms with E-state index in [1.165, 1.54) is 0 Å². The Morgan fingerprint density at radius 2 is 1.42 bits per heavy atom. The van der Waals surface area contributed by atoms with Crippen LogP contribution in [-0.2, 0) is 14.4 Å². The molecule has 0 bridgehead atoms. The highest BCUT2D eigenvalue weighted by Crippen LogP contribution is 2.04. The first-order valence-electron chi connectivity index (χ1n) is 5.42. The molecule has 19 heavy (non-hydrogen) atoms. The number of nitrogens with two attached hydrogens (primary N) is 1. The highest BCUT2D eigenvalue weighted by molar-refractivity contribution is 5.87.